The van der Waals surface area contributed by atoms with Gasteiger partial charge < -0.3 is 18.1 Å². The summed E-state index contributed by atoms with van der Waals surface area (Å²) >= 11 is 0. The van der Waals surface area contributed by atoms with Gasteiger partial charge in [-0.15, -0.1) is 0 Å². The van der Waals surface area contributed by atoms with Gasteiger partial charge in [0.2, 0.25) is 8.17 Å². The molecule has 0 aliphatic rings. The molecule has 11 heavy (non-hydrogen) atoms. The van der Waals surface area contributed by atoms with Crippen molar-refractivity contribution < 1.29 is 18.1 Å². The summed E-state index contributed by atoms with van der Waals surface area (Å²) in [6.45, 7) is 0. The lowest BCUT2D eigenvalue weighted by atomic mass is 11.8. The Bertz CT molecular complexity index is 121. The Morgan fingerprint density at radius 1 is 1.00 bits per heavy atom. The van der Waals surface area contributed by atoms with Crippen LogP contribution in [0.25, 0.3) is 0 Å². The molecule has 0 aromatic carbocycles. The summed E-state index contributed by atoms with van der Waals surface area (Å²) in [4.78, 5) is 0. The summed E-state index contributed by atoms with van der Waals surface area (Å²) in [5.41, 5.74) is 0. The van der Waals surface area contributed by atoms with E-state index in [0.717, 1.165) is 0 Å². The maximum Gasteiger partial charge on any atom is 0.312 e. The maximum absolute atomic E-state index is 4.90. The van der Waals surface area contributed by atoms with Gasteiger partial charge in [-0.2, -0.15) is 4.52 Å². The van der Waals surface area contributed by atoms with Crippen molar-refractivity contribution in [3.05, 3.63) is 0 Å². The molecule has 5 nitrogen and oxygen atoms in total. The lowest BCUT2D eigenvalue weighted by Crippen LogP contribution is -1.77. The van der Waals surface area contributed by atoms with E-state index < -0.39 is 16.7 Å². The van der Waals surface area contributed by atoms with Gasteiger partial charge >= 0.3 is 8.53 Å². The van der Waals surface area contributed by atoms with Crippen LogP contribution in [0.1, 0.15) is 0 Å². The van der Waals surface area contributed by atoms with Crippen LogP contribution in [-0.2, 0) is 18.1 Å². The quantitative estimate of drug-likeness (QED) is 0.638. The van der Waals surface area contributed by atoms with Crippen molar-refractivity contribution in [2.24, 2.45) is 4.52 Å². The van der Waals surface area contributed by atoms with Crippen LogP contribution >= 0.6 is 16.7 Å². The minimum atomic E-state index is -1.54. The fourth-order valence-electron chi connectivity index (χ4n) is 0.388. The first-order chi connectivity index (χ1) is 5.28. The summed E-state index contributed by atoms with van der Waals surface area (Å²) in [7, 11) is 3.42. The van der Waals surface area contributed by atoms with E-state index in [1.165, 1.54) is 14.2 Å². The largest absolute Gasteiger partial charge is 0.329 e. The SMILES string of the molecule is COP(N=[PH](OC)OC)OC. The summed E-state index contributed by atoms with van der Waals surface area (Å²) in [5.74, 6) is 0. The van der Waals surface area contributed by atoms with Gasteiger partial charge in [-0.05, 0) is 0 Å². The first-order valence-corrected chi connectivity index (χ1v) is 5.22. The lowest BCUT2D eigenvalue weighted by Gasteiger charge is -2.08. The minimum absolute atomic E-state index is 1.19. The molecule has 0 atom stereocenters. The van der Waals surface area contributed by atoms with E-state index in [2.05, 4.69) is 4.52 Å². The van der Waals surface area contributed by atoms with Crippen LogP contribution in [0.15, 0.2) is 4.52 Å². The van der Waals surface area contributed by atoms with Crippen molar-refractivity contribution in [2.45, 2.75) is 0 Å². The Kier molecular flexibility index (Phi) is 7.49. The monoisotopic (exact) mass is 201 g/mol. The van der Waals surface area contributed by atoms with Gasteiger partial charge in [0.25, 0.3) is 0 Å². The molecule has 0 N–H and O–H groups in total. The Hall–Kier alpha value is 0.500. The minimum Gasteiger partial charge on any atom is -0.329 e. The zero-order chi connectivity index (χ0) is 8.69. The third kappa shape index (κ3) is 4.86. The molecule has 0 radical (unpaired) electrons. The standard InChI is InChI=1S/C4H13NO4P2/c1-6-10(7-2)5-11(8-3)9-4/h10H,1-4H3. The molecule has 0 aliphatic heterocycles. The average molecular weight is 201 g/mol. The fourth-order valence-corrected chi connectivity index (χ4v) is 2.54. The molecule has 0 fully saturated rings. The highest BCUT2D eigenvalue weighted by Crippen LogP contribution is 2.46. The first kappa shape index (κ1) is 11.5. The van der Waals surface area contributed by atoms with E-state index in [0.29, 0.717) is 0 Å². The van der Waals surface area contributed by atoms with Crippen molar-refractivity contribution >= 4 is 16.7 Å². The van der Waals surface area contributed by atoms with E-state index in [4.69, 9.17) is 18.1 Å². The van der Waals surface area contributed by atoms with Crippen molar-refractivity contribution in [2.75, 3.05) is 28.4 Å². The van der Waals surface area contributed by atoms with Gasteiger partial charge in [0.15, 0.2) is 0 Å². The summed E-state index contributed by atoms with van der Waals surface area (Å²) in [5, 5.41) is 0. The Morgan fingerprint density at radius 3 is 1.73 bits per heavy atom. The average Bonchev–Trinajstić information content (AvgIpc) is 2.07. The van der Waals surface area contributed by atoms with Crippen LogP contribution in [0, 0.1) is 0 Å². The molecular weight excluding hydrogens is 188 g/mol. The number of rotatable bonds is 5. The number of hydrogen-bond donors (Lipinski definition) is 0. The first-order valence-electron chi connectivity index (χ1n) is 2.83. The third-order valence-electron chi connectivity index (χ3n) is 0.825. The molecule has 0 saturated carbocycles. The normalized spacial score (nSPS) is 11.1. The number of nitrogens with zero attached hydrogens (tertiary/aromatic N) is 1. The third-order valence-corrected chi connectivity index (χ3v) is 3.45. The van der Waals surface area contributed by atoms with Gasteiger partial charge in [0.1, 0.15) is 0 Å². The molecule has 0 spiro atoms. The molecule has 0 amide bonds. The molecule has 0 heterocycles. The Morgan fingerprint density at radius 2 is 1.45 bits per heavy atom. The highest BCUT2D eigenvalue weighted by Gasteiger charge is 2.04. The molecule has 0 bridgehead atoms. The molecule has 0 saturated heterocycles. The van der Waals surface area contributed by atoms with Crippen molar-refractivity contribution in [1.82, 2.24) is 0 Å². The van der Waals surface area contributed by atoms with Crippen LogP contribution in [-0.4, -0.2) is 28.4 Å². The van der Waals surface area contributed by atoms with Gasteiger partial charge in [-0.25, -0.2) is 0 Å². The summed E-state index contributed by atoms with van der Waals surface area (Å²) < 4.78 is 23.6. The number of hydrogen-bond acceptors (Lipinski definition) is 5. The lowest BCUT2D eigenvalue weighted by molar-refractivity contribution is 0.333. The molecule has 0 unspecified atom stereocenters. The van der Waals surface area contributed by atoms with Gasteiger partial charge in [0, 0.05) is 28.4 Å². The Balaban J connectivity index is 3.98. The highest BCUT2D eigenvalue weighted by atomic mass is 31.2. The van der Waals surface area contributed by atoms with Crippen LogP contribution in [0.3, 0.4) is 0 Å². The topological polar surface area (TPSA) is 49.3 Å². The van der Waals surface area contributed by atoms with E-state index >= 15 is 0 Å². The van der Waals surface area contributed by atoms with Crippen LogP contribution in [0.5, 0.6) is 0 Å². The van der Waals surface area contributed by atoms with E-state index in [1.54, 1.807) is 14.2 Å². The van der Waals surface area contributed by atoms with Crippen molar-refractivity contribution in [3.8, 4) is 0 Å². The zero-order valence-electron chi connectivity index (χ0n) is 7.03. The summed E-state index contributed by atoms with van der Waals surface area (Å²) in [6, 6.07) is 0. The smallest absolute Gasteiger partial charge is 0.312 e. The van der Waals surface area contributed by atoms with Crippen LogP contribution in [0.2, 0.25) is 0 Å². The van der Waals surface area contributed by atoms with Gasteiger partial charge in [0.05, 0.1) is 0 Å². The molecular formula is C4H13NO4P2. The predicted molar refractivity (Wildman–Crippen MR) is 45.7 cm³/mol. The van der Waals surface area contributed by atoms with Crippen LogP contribution < -0.4 is 0 Å². The second kappa shape index (κ2) is 7.17. The molecule has 0 aromatic heterocycles. The second-order valence-corrected chi connectivity index (χ2v) is 4.73. The van der Waals surface area contributed by atoms with E-state index in [-0.39, 0.29) is 0 Å². The molecule has 68 valence electrons. The maximum atomic E-state index is 4.90. The zero-order valence-corrected chi connectivity index (χ0v) is 8.92. The second-order valence-electron chi connectivity index (χ2n) is 1.38. The molecule has 7 heteroatoms. The van der Waals surface area contributed by atoms with Crippen molar-refractivity contribution in [1.29, 1.82) is 0 Å². The fraction of sp³-hybridized carbons (Fsp3) is 1.00. The Labute approximate surface area is 68.6 Å². The van der Waals surface area contributed by atoms with Gasteiger partial charge in [-0.1, -0.05) is 0 Å². The highest BCUT2D eigenvalue weighted by molar-refractivity contribution is 7.54. The van der Waals surface area contributed by atoms with E-state index in [9.17, 15) is 0 Å². The van der Waals surface area contributed by atoms with Gasteiger partial charge in [-0.3, -0.25) is 0 Å². The summed E-state index contributed by atoms with van der Waals surface area (Å²) in [6.07, 6.45) is 0. The van der Waals surface area contributed by atoms with Crippen LogP contribution in [0.4, 0.5) is 0 Å². The van der Waals surface area contributed by atoms with Crippen molar-refractivity contribution in [3.63, 3.8) is 0 Å². The molecule has 0 aliphatic carbocycles. The molecule has 0 aromatic rings. The molecule has 0 rings (SSSR count). The van der Waals surface area contributed by atoms with E-state index in [1.807, 2.05) is 0 Å². The predicted octanol–water partition coefficient (Wildman–Crippen LogP) is 2.03.